The summed E-state index contributed by atoms with van der Waals surface area (Å²) in [5.41, 5.74) is 5.85. The predicted molar refractivity (Wildman–Crippen MR) is 178 cm³/mol. The van der Waals surface area contributed by atoms with Crippen molar-refractivity contribution in [3.8, 4) is 11.3 Å². The first-order chi connectivity index (χ1) is 19.3. The van der Waals surface area contributed by atoms with Crippen molar-refractivity contribution in [3.05, 3.63) is 60.8 Å². The van der Waals surface area contributed by atoms with Crippen molar-refractivity contribution >= 4 is 31.6 Å². The zero-order chi connectivity index (χ0) is 28.6. The van der Waals surface area contributed by atoms with Gasteiger partial charge in [-0.15, -0.1) is 35.9 Å². The molecule has 0 saturated heterocycles. The molecule has 1 aromatic carbocycles. The first kappa shape index (κ1) is 34.1. The molecule has 5 heteroatoms. The van der Waals surface area contributed by atoms with E-state index in [0.717, 1.165) is 11.3 Å². The molecular weight excluding hydrogens is 637 g/mol. The van der Waals surface area contributed by atoms with Crippen molar-refractivity contribution in [2.24, 2.45) is 5.41 Å². The monoisotopic (exact) mass is 689 g/mol. The maximum Gasteiger partial charge on any atom is 0.0160 e. The molecule has 40 heavy (non-hydrogen) atoms. The SMILES string of the molecule is C1CCC([PH+](C2CCCCC2)C2CCCCC2)CC1.CC(C)(C)C=[C]=[Ru]([Cl])[Cl].[c-]1ccccc1-c1ccccn1. The van der Waals surface area contributed by atoms with Crippen molar-refractivity contribution in [1.29, 1.82) is 0 Å². The zero-order valence-electron chi connectivity index (χ0n) is 25.1. The normalized spacial score (nSPS) is 19.4. The summed E-state index contributed by atoms with van der Waals surface area (Å²) >= 11 is -1.67. The minimum atomic E-state index is -1.67. The molecule has 2 aromatic rings. The van der Waals surface area contributed by atoms with Crippen LogP contribution in [0.2, 0.25) is 0 Å². The number of hydrogen-bond donors (Lipinski definition) is 0. The third-order valence-corrected chi connectivity index (χ3v) is 14.5. The summed E-state index contributed by atoms with van der Waals surface area (Å²) in [6.45, 7) is 6.27. The van der Waals surface area contributed by atoms with Crippen LogP contribution in [0.25, 0.3) is 11.3 Å². The fraction of sp³-hybridized carbons (Fsp3) is 0.629. The molecule has 3 aliphatic rings. The largest absolute Gasteiger partial charge is 0.305 e. The molecule has 0 atom stereocenters. The second kappa shape index (κ2) is 19.0. The molecule has 0 bridgehead atoms. The fourth-order valence-electron chi connectivity index (χ4n) is 6.57. The molecular formula is C35H52Cl2NPRu. The van der Waals surface area contributed by atoms with E-state index >= 15 is 0 Å². The van der Waals surface area contributed by atoms with E-state index < -0.39 is 13.5 Å². The molecule has 0 radical (unpaired) electrons. The van der Waals surface area contributed by atoms with Gasteiger partial charge in [0.05, 0.1) is 17.0 Å². The van der Waals surface area contributed by atoms with E-state index in [1.807, 2.05) is 48.5 Å². The maximum absolute atomic E-state index is 5.55. The van der Waals surface area contributed by atoms with Gasteiger partial charge in [-0.3, -0.25) is 0 Å². The second-order valence-corrected chi connectivity index (χ2v) is 21.6. The average Bonchev–Trinajstić information content (AvgIpc) is 2.99. The van der Waals surface area contributed by atoms with E-state index in [-0.39, 0.29) is 13.3 Å². The molecule has 3 fully saturated rings. The summed E-state index contributed by atoms with van der Waals surface area (Å²) in [7, 11) is 11.1. The molecule has 0 amide bonds. The molecule has 224 valence electrons. The van der Waals surface area contributed by atoms with Crippen LogP contribution >= 0.6 is 27.3 Å². The Labute approximate surface area is 260 Å². The van der Waals surface area contributed by atoms with Crippen LogP contribution in [0.15, 0.2) is 54.7 Å². The van der Waals surface area contributed by atoms with Crippen LogP contribution in [0, 0.1) is 11.5 Å². The van der Waals surface area contributed by atoms with Crippen LogP contribution in [-0.2, 0) is 13.5 Å². The van der Waals surface area contributed by atoms with Crippen LogP contribution in [0.4, 0.5) is 0 Å². The van der Waals surface area contributed by atoms with Crippen molar-refractivity contribution in [2.75, 3.05) is 0 Å². The van der Waals surface area contributed by atoms with Crippen molar-refractivity contribution in [2.45, 2.75) is 134 Å². The quantitative estimate of drug-likeness (QED) is 0.177. The number of nitrogens with zero attached hydrogens (tertiary/aromatic N) is 1. The number of aromatic nitrogens is 1. The van der Waals surface area contributed by atoms with E-state index in [0.29, 0.717) is 0 Å². The minimum absolute atomic E-state index is 0.0465. The van der Waals surface area contributed by atoms with Gasteiger partial charge in [0.25, 0.3) is 0 Å². The fourth-order valence-corrected chi connectivity index (χ4v) is 13.2. The van der Waals surface area contributed by atoms with Gasteiger partial charge in [0.2, 0.25) is 0 Å². The zero-order valence-corrected chi connectivity index (χ0v) is 29.3. The Hall–Kier alpha value is -0.347. The van der Waals surface area contributed by atoms with Gasteiger partial charge in [-0.1, -0.05) is 31.4 Å². The minimum Gasteiger partial charge on any atom is -0.305 e. The molecule has 0 spiro atoms. The summed E-state index contributed by atoms with van der Waals surface area (Å²) in [5, 5.41) is 0. The number of rotatable bonds is 4. The van der Waals surface area contributed by atoms with E-state index in [4.69, 9.17) is 19.4 Å². The third kappa shape index (κ3) is 13.3. The van der Waals surface area contributed by atoms with Crippen LogP contribution in [0.5, 0.6) is 0 Å². The van der Waals surface area contributed by atoms with E-state index in [1.165, 1.54) is 17.0 Å². The maximum atomic E-state index is 5.55. The van der Waals surface area contributed by atoms with Gasteiger partial charge in [0, 0.05) is 14.1 Å². The summed E-state index contributed by atoms with van der Waals surface area (Å²) < 4.78 is 2.93. The first-order valence-electron chi connectivity index (χ1n) is 15.7. The van der Waals surface area contributed by atoms with E-state index in [2.05, 4.69) is 36.1 Å². The van der Waals surface area contributed by atoms with Gasteiger partial charge in [-0.25, -0.2) is 0 Å². The topological polar surface area (TPSA) is 12.9 Å². The van der Waals surface area contributed by atoms with Crippen LogP contribution in [0.3, 0.4) is 0 Å². The Balaban J connectivity index is 0.000000181. The summed E-state index contributed by atoms with van der Waals surface area (Å²) in [6, 6.07) is 16.8. The van der Waals surface area contributed by atoms with Crippen LogP contribution < -0.4 is 0 Å². The number of pyridine rings is 1. The number of hydrogen-bond acceptors (Lipinski definition) is 1. The van der Waals surface area contributed by atoms with Gasteiger partial charge >= 0.3 is 69.4 Å². The van der Waals surface area contributed by atoms with Crippen molar-refractivity contribution in [3.63, 3.8) is 0 Å². The van der Waals surface area contributed by atoms with Gasteiger partial charge < -0.3 is 4.98 Å². The molecule has 5 rings (SSSR count). The van der Waals surface area contributed by atoms with Gasteiger partial charge in [0.1, 0.15) is 0 Å². The molecule has 1 aromatic heterocycles. The predicted octanol–water partition coefficient (Wildman–Crippen LogP) is 11.7. The standard InChI is InChI=1S/C18H33P.C11H8N.C6H10.2ClH.Ru/c1-4-10-16(11-5-1)19(17-12-6-2-7-13-17)18-14-8-3-9-15-18;1-2-6-10(7-3-1)11-8-4-5-9-12-11;1-5-6(2,3)4;;;/h16-18H,1-15H2;1-6,8-9H;5H,2-4H3;2*1H;/q;-1;;;;+2/p-1. The van der Waals surface area contributed by atoms with E-state index in [9.17, 15) is 0 Å². The summed E-state index contributed by atoms with van der Waals surface area (Å²) in [6.07, 6.45) is 27.5. The molecule has 1 nitrogen and oxygen atoms in total. The van der Waals surface area contributed by atoms with Gasteiger partial charge in [-0.05, 0) is 88.8 Å². The number of benzene rings is 1. The first-order valence-corrected chi connectivity index (χ1v) is 22.8. The van der Waals surface area contributed by atoms with Crippen molar-refractivity contribution < 1.29 is 13.5 Å². The Bertz CT molecular complexity index is 914. The van der Waals surface area contributed by atoms with Crippen LogP contribution in [0.1, 0.15) is 117 Å². The van der Waals surface area contributed by atoms with Crippen LogP contribution in [-0.4, -0.2) is 26.2 Å². The third-order valence-electron chi connectivity index (χ3n) is 8.44. The molecule has 3 saturated carbocycles. The summed E-state index contributed by atoms with van der Waals surface area (Å²) in [4.78, 5) is 4.22. The van der Waals surface area contributed by atoms with Gasteiger partial charge in [-0.2, -0.15) is 0 Å². The molecule has 0 N–H and O–H groups in total. The Morgan fingerprint density at radius 2 is 1.27 bits per heavy atom. The van der Waals surface area contributed by atoms with Crippen molar-refractivity contribution in [1.82, 2.24) is 4.98 Å². The number of allylic oxidation sites excluding steroid dienone is 1. The Kier molecular flexibility index (Phi) is 16.3. The number of halogens is 2. The average molecular weight is 690 g/mol. The molecule has 0 unspecified atom stereocenters. The molecule has 1 heterocycles. The molecule has 3 aliphatic carbocycles. The van der Waals surface area contributed by atoms with Gasteiger partial charge in [0.15, 0.2) is 0 Å². The summed E-state index contributed by atoms with van der Waals surface area (Å²) in [5.74, 6) is 0. The second-order valence-electron chi connectivity index (χ2n) is 12.8. The molecule has 0 aliphatic heterocycles. The Morgan fingerprint density at radius 3 is 1.62 bits per heavy atom. The Morgan fingerprint density at radius 1 is 0.775 bits per heavy atom. The smallest absolute Gasteiger partial charge is 0.0160 e. The van der Waals surface area contributed by atoms with E-state index in [1.54, 1.807) is 103 Å².